The van der Waals surface area contributed by atoms with E-state index < -0.39 is 0 Å². The predicted octanol–water partition coefficient (Wildman–Crippen LogP) is 6.23. The Balaban J connectivity index is 0.983. The van der Waals surface area contributed by atoms with Crippen LogP contribution in [0, 0.1) is 0 Å². The molecule has 5 heterocycles. The lowest BCUT2D eigenvalue weighted by atomic mass is 9.93. The van der Waals surface area contributed by atoms with E-state index in [0.29, 0.717) is 17.9 Å². The van der Waals surface area contributed by atoms with Crippen LogP contribution in [-0.2, 0) is 0 Å². The average Bonchev–Trinajstić information content (AvgIpc) is 3.46. The first-order valence-corrected chi connectivity index (χ1v) is 16.9. The van der Waals surface area contributed by atoms with Crippen LogP contribution in [0.25, 0.3) is 22.3 Å². The van der Waals surface area contributed by atoms with Gasteiger partial charge >= 0.3 is 0 Å². The van der Waals surface area contributed by atoms with Crippen LogP contribution in [0.2, 0.25) is 0 Å². The fourth-order valence-corrected chi connectivity index (χ4v) is 7.77. The summed E-state index contributed by atoms with van der Waals surface area (Å²) >= 11 is 0. The number of hydrogen-bond acceptors (Lipinski definition) is 8. The minimum absolute atomic E-state index is 0.289. The van der Waals surface area contributed by atoms with Crippen molar-refractivity contribution in [1.29, 1.82) is 0 Å². The highest BCUT2D eigenvalue weighted by atomic mass is 16.5. The van der Waals surface area contributed by atoms with E-state index in [0.717, 1.165) is 65.8 Å². The molecule has 0 atom stereocenters. The Hall–Kier alpha value is -3.53. The second-order valence-electron chi connectivity index (χ2n) is 14.1. The molecule has 2 aromatic heterocycles. The zero-order valence-electron chi connectivity index (χ0n) is 27.1. The maximum Gasteiger partial charge on any atom is 0.164 e. The molecule has 3 saturated heterocycles. The molecule has 45 heavy (non-hydrogen) atoms. The molecule has 2 aromatic carbocycles. The molecule has 9 heteroatoms. The SMILES string of the molecule is CC(C)(C)N1CCC(N2CCC(N3CCC(n4nc(-c5ccc(Oc6ccccc6)cc5)c5c(N)ncnc54)CC3)CC2)CC1. The van der Waals surface area contributed by atoms with Gasteiger partial charge in [-0.25, -0.2) is 14.6 Å². The lowest BCUT2D eigenvalue weighted by Crippen LogP contribution is -2.54. The molecule has 7 rings (SSSR count). The van der Waals surface area contributed by atoms with Crippen molar-refractivity contribution in [3.05, 3.63) is 60.9 Å². The van der Waals surface area contributed by atoms with E-state index in [2.05, 4.69) is 50.1 Å². The van der Waals surface area contributed by atoms with Gasteiger partial charge in [0, 0.05) is 49.4 Å². The number of hydrogen-bond donors (Lipinski definition) is 1. The molecular weight excluding hydrogens is 560 g/mol. The highest BCUT2D eigenvalue weighted by molar-refractivity contribution is 5.98. The van der Waals surface area contributed by atoms with Crippen LogP contribution in [0.3, 0.4) is 0 Å². The lowest BCUT2D eigenvalue weighted by molar-refractivity contribution is 0.0248. The number of aromatic nitrogens is 4. The third-order valence-corrected chi connectivity index (χ3v) is 10.4. The predicted molar refractivity (Wildman–Crippen MR) is 180 cm³/mol. The summed E-state index contributed by atoms with van der Waals surface area (Å²) in [6.07, 6.45) is 8.89. The molecule has 3 aliphatic heterocycles. The number of nitrogen functional groups attached to an aromatic ring is 1. The Kier molecular flexibility index (Phi) is 8.50. The molecule has 2 N–H and O–H groups in total. The first-order valence-electron chi connectivity index (χ1n) is 16.9. The second-order valence-corrected chi connectivity index (χ2v) is 14.1. The highest BCUT2D eigenvalue weighted by Crippen LogP contribution is 2.36. The van der Waals surface area contributed by atoms with Crippen molar-refractivity contribution in [2.45, 2.75) is 83.0 Å². The van der Waals surface area contributed by atoms with Crippen molar-refractivity contribution >= 4 is 16.9 Å². The van der Waals surface area contributed by atoms with Gasteiger partial charge in [-0.2, -0.15) is 5.10 Å². The van der Waals surface area contributed by atoms with Gasteiger partial charge in [0.05, 0.1) is 11.4 Å². The number of ether oxygens (including phenoxy) is 1. The maximum absolute atomic E-state index is 6.44. The van der Waals surface area contributed by atoms with E-state index >= 15 is 0 Å². The Morgan fingerprint density at radius 1 is 0.689 bits per heavy atom. The van der Waals surface area contributed by atoms with Crippen LogP contribution in [0.1, 0.15) is 65.3 Å². The van der Waals surface area contributed by atoms with Crippen LogP contribution >= 0.6 is 0 Å². The summed E-state index contributed by atoms with van der Waals surface area (Å²) < 4.78 is 8.13. The number of fused-ring (bicyclic) bond motifs is 1. The number of piperidine rings is 3. The van der Waals surface area contributed by atoms with Crippen LogP contribution < -0.4 is 10.5 Å². The number of rotatable bonds is 6. The van der Waals surface area contributed by atoms with E-state index in [4.69, 9.17) is 15.6 Å². The van der Waals surface area contributed by atoms with Crippen molar-refractivity contribution in [2.75, 3.05) is 45.0 Å². The molecule has 0 radical (unpaired) electrons. The quantitative estimate of drug-likeness (QED) is 0.276. The molecule has 3 aliphatic rings. The Bertz CT molecular complexity index is 1560. The number of likely N-dealkylation sites (tertiary alicyclic amines) is 3. The molecule has 238 valence electrons. The monoisotopic (exact) mass is 608 g/mol. The Morgan fingerprint density at radius 3 is 1.84 bits per heavy atom. The number of para-hydroxylation sites is 1. The average molecular weight is 609 g/mol. The molecule has 3 fully saturated rings. The smallest absolute Gasteiger partial charge is 0.164 e. The van der Waals surface area contributed by atoms with E-state index in [9.17, 15) is 0 Å². The van der Waals surface area contributed by atoms with Gasteiger partial charge in [0.25, 0.3) is 0 Å². The van der Waals surface area contributed by atoms with Crippen LogP contribution in [0.4, 0.5) is 5.82 Å². The summed E-state index contributed by atoms with van der Waals surface area (Å²) in [7, 11) is 0. The summed E-state index contributed by atoms with van der Waals surface area (Å²) in [5, 5.41) is 5.97. The van der Waals surface area contributed by atoms with Crippen molar-refractivity contribution < 1.29 is 4.74 Å². The molecule has 0 spiro atoms. The number of nitrogens with zero attached hydrogens (tertiary/aromatic N) is 7. The summed E-state index contributed by atoms with van der Waals surface area (Å²) in [5.41, 5.74) is 9.36. The molecule has 0 saturated carbocycles. The van der Waals surface area contributed by atoms with Crippen LogP contribution in [0.5, 0.6) is 11.5 Å². The minimum atomic E-state index is 0.289. The van der Waals surface area contributed by atoms with Gasteiger partial charge in [-0.15, -0.1) is 0 Å². The normalized spacial score (nSPS) is 20.6. The van der Waals surface area contributed by atoms with E-state index in [1.807, 2.05) is 54.6 Å². The van der Waals surface area contributed by atoms with Gasteiger partial charge < -0.3 is 20.3 Å². The number of benzene rings is 2. The Morgan fingerprint density at radius 2 is 1.24 bits per heavy atom. The van der Waals surface area contributed by atoms with Gasteiger partial charge in [0.15, 0.2) is 5.65 Å². The van der Waals surface area contributed by atoms with Crippen molar-refractivity contribution in [3.8, 4) is 22.8 Å². The van der Waals surface area contributed by atoms with Crippen molar-refractivity contribution in [1.82, 2.24) is 34.4 Å². The zero-order chi connectivity index (χ0) is 31.0. The molecule has 0 amide bonds. The first kappa shape index (κ1) is 30.1. The van der Waals surface area contributed by atoms with Crippen molar-refractivity contribution in [3.63, 3.8) is 0 Å². The third kappa shape index (κ3) is 6.44. The van der Waals surface area contributed by atoms with Gasteiger partial charge in [-0.05, 0) is 109 Å². The minimum Gasteiger partial charge on any atom is -0.457 e. The fourth-order valence-electron chi connectivity index (χ4n) is 7.77. The molecule has 0 unspecified atom stereocenters. The summed E-state index contributed by atoms with van der Waals surface area (Å²) in [4.78, 5) is 17.2. The molecular formula is C36H48N8O. The Labute approximate surface area is 267 Å². The second kappa shape index (κ2) is 12.7. The summed E-state index contributed by atoms with van der Waals surface area (Å²) in [6, 6.07) is 19.6. The molecule has 0 bridgehead atoms. The maximum atomic E-state index is 6.44. The van der Waals surface area contributed by atoms with E-state index in [-0.39, 0.29) is 5.54 Å². The van der Waals surface area contributed by atoms with E-state index in [1.54, 1.807) is 6.33 Å². The van der Waals surface area contributed by atoms with Gasteiger partial charge in [0.1, 0.15) is 29.3 Å². The van der Waals surface area contributed by atoms with Gasteiger partial charge in [-0.3, -0.25) is 4.90 Å². The largest absolute Gasteiger partial charge is 0.457 e. The first-order chi connectivity index (χ1) is 21.8. The summed E-state index contributed by atoms with van der Waals surface area (Å²) in [5.74, 6) is 2.06. The lowest BCUT2D eigenvalue weighted by Gasteiger charge is -2.47. The standard InChI is InChI=1S/C36H48N8O/c1-36(2,3)43-23-17-28(18-24-43)41-19-13-27(14-20-41)42-21-15-29(16-22-42)44-35-32(34(37)38-25-39-35)33(40-44)26-9-11-31(12-10-26)45-30-7-5-4-6-8-30/h4-12,25,27-29H,13-24H2,1-3H3,(H2,37,38,39). The third-order valence-electron chi connectivity index (χ3n) is 10.4. The highest BCUT2D eigenvalue weighted by Gasteiger charge is 2.34. The van der Waals surface area contributed by atoms with Crippen molar-refractivity contribution in [2.24, 2.45) is 0 Å². The van der Waals surface area contributed by atoms with E-state index in [1.165, 1.54) is 51.9 Å². The number of nitrogens with two attached hydrogens (primary N) is 1. The topological polar surface area (TPSA) is 88.6 Å². The van der Waals surface area contributed by atoms with Gasteiger partial charge in [0.2, 0.25) is 0 Å². The fraction of sp³-hybridized carbons (Fsp3) is 0.528. The number of anilines is 1. The van der Waals surface area contributed by atoms with Crippen LogP contribution in [-0.4, -0.2) is 91.3 Å². The summed E-state index contributed by atoms with van der Waals surface area (Å²) in [6.45, 7) is 14.2. The molecule has 9 nitrogen and oxygen atoms in total. The van der Waals surface area contributed by atoms with Crippen LogP contribution in [0.15, 0.2) is 60.9 Å². The molecule has 0 aliphatic carbocycles. The molecule has 4 aromatic rings. The van der Waals surface area contributed by atoms with Gasteiger partial charge in [-0.1, -0.05) is 18.2 Å². The zero-order valence-corrected chi connectivity index (χ0v) is 27.1.